The van der Waals surface area contributed by atoms with Gasteiger partial charge >= 0.3 is 0 Å². The normalized spacial score (nSPS) is 10.7. The van der Waals surface area contributed by atoms with Crippen LogP contribution < -0.4 is 4.74 Å². The van der Waals surface area contributed by atoms with Gasteiger partial charge < -0.3 is 4.74 Å². The summed E-state index contributed by atoms with van der Waals surface area (Å²) in [6, 6.07) is 3.80. The number of aromatic nitrogens is 3. The fourth-order valence-electron chi connectivity index (χ4n) is 1.43. The molecule has 0 saturated heterocycles. The van der Waals surface area contributed by atoms with Crippen LogP contribution in [0.2, 0.25) is 0 Å². The first-order chi connectivity index (χ1) is 6.85. The summed E-state index contributed by atoms with van der Waals surface area (Å²) < 4.78 is 7.12. The van der Waals surface area contributed by atoms with Gasteiger partial charge in [-0.2, -0.15) is 0 Å². The highest BCUT2D eigenvalue weighted by Gasteiger charge is 2.04. The smallest absolute Gasteiger partial charge is 0.161 e. The van der Waals surface area contributed by atoms with Crippen LogP contribution in [0.25, 0.3) is 5.65 Å². The van der Waals surface area contributed by atoms with Crippen molar-refractivity contribution in [2.45, 2.75) is 19.8 Å². The third-order valence-electron chi connectivity index (χ3n) is 2.16. The largest absolute Gasteiger partial charge is 0.495 e. The zero-order valence-corrected chi connectivity index (χ0v) is 8.40. The highest BCUT2D eigenvalue weighted by Crippen LogP contribution is 2.13. The summed E-state index contributed by atoms with van der Waals surface area (Å²) in [5, 5.41) is 8.19. The highest BCUT2D eigenvalue weighted by molar-refractivity contribution is 5.41. The number of pyridine rings is 1. The molecular weight excluding hydrogens is 178 g/mol. The maximum absolute atomic E-state index is 5.15. The van der Waals surface area contributed by atoms with E-state index < -0.39 is 0 Å². The quantitative estimate of drug-likeness (QED) is 0.741. The van der Waals surface area contributed by atoms with Crippen molar-refractivity contribution in [1.82, 2.24) is 14.6 Å². The highest BCUT2D eigenvalue weighted by atomic mass is 16.5. The van der Waals surface area contributed by atoms with Crippen molar-refractivity contribution >= 4 is 5.65 Å². The van der Waals surface area contributed by atoms with Crippen LogP contribution in [0.15, 0.2) is 18.3 Å². The molecule has 14 heavy (non-hydrogen) atoms. The molecule has 0 atom stereocenters. The summed E-state index contributed by atoms with van der Waals surface area (Å²) in [5.74, 6) is 1.82. The van der Waals surface area contributed by atoms with Crippen molar-refractivity contribution < 1.29 is 4.74 Å². The SMILES string of the molecule is CCCc1nnc2ccc(OC)cn12. The Morgan fingerprint density at radius 2 is 2.21 bits per heavy atom. The maximum Gasteiger partial charge on any atom is 0.161 e. The fourth-order valence-corrected chi connectivity index (χ4v) is 1.43. The van der Waals surface area contributed by atoms with Gasteiger partial charge in [-0.3, -0.25) is 4.40 Å². The van der Waals surface area contributed by atoms with Gasteiger partial charge in [-0.05, 0) is 18.6 Å². The topological polar surface area (TPSA) is 39.4 Å². The third kappa shape index (κ3) is 1.43. The van der Waals surface area contributed by atoms with Gasteiger partial charge in [-0.15, -0.1) is 10.2 Å². The van der Waals surface area contributed by atoms with Crippen LogP contribution in [0, 0.1) is 0 Å². The molecule has 0 bridgehead atoms. The van der Waals surface area contributed by atoms with E-state index in [0.717, 1.165) is 30.1 Å². The van der Waals surface area contributed by atoms with Crippen LogP contribution in [0.5, 0.6) is 5.75 Å². The Hall–Kier alpha value is -1.58. The number of hydrogen-bond acceptors (Lipinski definition) is 3. The summed E-state index contributed by atoms with van der Waals surface area (Å²) in [5.41, 5.74) is 0.870. The van der Waals surface area contributed by atoms with Crippen molar-refractivity contribution in [3.63, 3.8) is 0 Å². The Morgan fingerprint density at radius 3 is 2.93 bits per heavy atom. The summed E-state index contributed by atoms with van der Waals surface area (Å²) in [6.45, 7) is 2.13. The van der Waals surface area contributed by atoms with Gasteiger partial charge in [0, 0.05) is 6.42 Å². The number of rotatable bonds is 3. The van der Waals surface area contributed by atoms with E-state index in [1.807, 2.05) is 22.7 Å². The molecule has 0 amide bonds. The molecule has 0 aliphatic heterocycles. The number of ether oxygens (including phenoxy) is 1. The molecular formula is C10H13N3O. The Balaban J connectivity index is 2.52. The Kier molecular flexibility index (Phi) is 2.35. The number of aryl methyl sites for hydroxylation is 1. The number of methoxy groups -OCH3 is 1. The molecule has 2 aromatic heterocycles. The molecule has 4 heteroatoms. The summed E-state index contributed by atoms with van der Waals surface area (Å²) in [4.78, 5) is 0. The van der Waals surface area contributed by atoms with Gasteiger partial charge in [0.1, 0.15) is 11.6 Å². The first-order valence-corrected chi connectivity index (χ1v) is 4.73. The molecule has 0 aliphatic rings. The van der Waals surface area contributed by atoms with Crippen molar-refractivity contribution in [1.29, 1.82) is 0 Å². The predicted octanol–water partition coefficient (Wildman–Crippen LogP) is 1.69. The Labute approximate surface area is 82.5 Å². The first-order valence-electron chi connectivity index (χ1n) is 4.73. The second-order valence-electron chi connectivity index (χ2n) is 3.16. The molecule has 2 rings (SSSR count). The zero-order chi connectivity index (χ0) is 9.97. The van der Waals surface area contributed by atoms with Crippen LogP contribution in [-0.4, -0.2) is 21.7 Å². The van der Waals surface area contributed by atoms with Crippen molar-refractivity contribution in [3.05, 3.63) is 24.2 Å². The van der Waals surface area contributed by atoms with E-state index in [4.69, 9.17) is 4.74 Å². The Morgan fingerprint density at radius 1 is 1.36 bits per heavy atom. The number of fused-ring (bicyclic) bond motifs is 1. The summed E-state index contributed by atoms with van der Waals surface area (Å²) in [7, 11) is 1.66. The second kappa shape index (κ2) is 3.65. The van der Waals surface area contributed by atoms with Crippen LogP contribution in [-0.2, 0) is 6.42 Å². The maximum atomic E-state index is 5.15. The van der Waals surface area contributed by atoms with Crippen LogP contribution in [0.1, 0.15) is 19.2 Å². The summed E-state index contributed by atoms with van der Waals surface area (Å²) in [6.07, 6.45) is 3.92. The molecule has 2 aromatic rings. The molecule has 0 fully saturated rings. The molecule has 4 nitrogen and oxygen atoms in total. The molecule has 0 aliphatic carbocycles. The minimum absolute atomic E-state index is 0.828. The lowest BCUT2D eigenvalue weighted by Gasteiger charge is -2.01. The standard InChI is InChI=1S/C10H13N3O/c1-3-4-9-11-12-10-6-5-8(14-2)7-13(9)10/h5-7H,3-4H2,1-2H3. The minimum Gasteiger partial charge on any atom is -0.495 e. The number of nitrogens with zero attached hydrogens (tertiary/aromatic N) is 3. The van der Waals surface area contributed by atoms with E-state index in [1.54, 1.807) is 7.11 Å². The number of hydrogen-bond donors (Lipinski definition) is 0. The van der Waals surface area contributed by atoms with Crippen molar-refractivity contribution in [2.24, 2.45) is 0 Å². The van der Waals surface area contributed by atoms with Crippen LogP contribution >= 0.6 is 0 Å². The van der Waals surface area contributed by atoms with E-state index in [9.17, 15) is 0 Å². The van der Waals surface area contributed by atoms with E-state index >= 15 is 0 Å². The predicted molar refractivity (Wildman–Crippen MR) is 53.5 cm³/mol. The zero-order valence-electron chi connectivity index (χ0n) is 8.40. The van der Waals surface area contributed by atoms with Crippen molar-refractivity contribution in [2.75, 3.05) is 7.11 Å². The molecule has 0 saturated carbocycles. The lowest BCUT2D eigenvalue weighted by molar-refractivity contribution is 0.412. The monoisotopic (exact) mass is 191 g/mol. The van der Waals surface area contributed by atoms with Crippen LogP contribution in [0.3, 0.4) is 0 Å². The lowest BCUT2D eigenvalue weighted by Crippen LogP contribution is -1.94. The molecule has 0 radical (unpaired) electrons. The lowest BCUT2D eigenvalue weighted by atomic mass is 10.3. The van der Waals surface area contributed by atoms with Gasteiger partial charge in [-0.25, -0.2) is 0 Å². The van der Waals surface area contributed by atoms with E-state index in [0.29, 0.717) is 0 Å². The van der Waals surface area contributed by atoms with Gasteiger partial charge in [0.25, 0.3) is 0 Å². The fraction of sp³-hybridized carbons (Fsp3) is 0.400. The molecule has 0 spiro atoms. The van der Waals surface area contributed by atoms with E-state index in [-0.39, 0.29) is 0 Å². The minimum atomic E-state index is 0.828. The molecule has 2 heterocycles. The molecule has 0 aromatic carbocycles. The van der Waals surface area contributed by atoms with Crippen molar-refractivity contribution in [3.8, 4) is 5.75 Å². The average molecular weight is 191 g/mol. The Bertz CT molecular complexity index is 436. The van der Waals surface area contributed by atoms with Gasteiger partial charge in [0.15, 0.2) is 5.65 Å². The van der Waals surface area contributed by atoms with Gasteiger partial charge in [0.2, 0.25) is 0 Å². The molecule has 0 N–H and O–H groups in total. The van der Waals surface area contributed by atoms with Gasteiger partial charge in [-0.1, -0.05) is 6.92 Å². The summed E-state index contributed by atoms with van der Waals surface area (Å²) >= 11 is 0. The van der Waals surface area contributed by atoms with Crippen LogP contribution in [0.4, 0.5) is 0 Å². The first kappa shape index (κ1) is 8.99. The second-order valence-corrected chi connectivity index (χ2v) is 3.16. The van der Waals surface area contributed by atoms with Gasteiger partial charge in [0.05, 0.1) is 13.3 Å². The molecule has 74 valence electrons. The van der Waals surface area contributed by atoms with E-state index in [2.05, 4.69) is 17.1 Å². The van der Waals surface area contributed by atoms with E-state index in [1.165, 1.54) is 0 Å². The average Bonchev–Trinajstić information content (AvgIpc) is 2.61. The molecule has 0 unspecified atom stereocenters. The third-order valence-corrected chi connectivity index (χ3v) is 2.16.